The van der Waals surface area contributed by atoms with E-state index in [1.807, 2.05) is 35.8 Å². The van der Waals surface area contributed by atoms with Crippen molar-refractivity contribution in [1.82, 2.24) is 14.7 Å². The summed E-state index contributed by atoms with van der Waals surface area (Å²) >= 11 is 1.59. The van der Waals surface area contributed by atoms with Crippen LogP contribution in [-0.2, 0) is 11.3 Å². The van der Waals surface area contributed by atoms with Crippen molar-refractivity contribution in [1.29, 1.82) is 0 Å². The molecule has 0 spiro atoms. The van der Waals surface area contributed by atoms with Crippen LogP contribution in [0.25, 0.3) is 5.65 Å². The van der Waals surface area contributed by atoms with E-state index in [2.05, 4.69) is 26.5 Å². The van der Waals surface area contributed by atoms with Gasteiger partial charge in [0.15, 0.2) is 0 Å². The van der Waals surface area contributed by atoms with Crippen LogP contribution < -0.4 is 5.32 Å². The quantitative estimate of drug-likeness (QED) is 0.667. The van der Waals surface area contributed by atoms with E-state index in [-0.39, 0.29) is 18.4 Å². The second-order valence-corrected chi connectivity index (χ2v) is 6.55. The fraction of sp³-hybridized carbons (Fsp3) is 0.222. The number of rotatable bonds is 1. The fourth-order valence-electron chi connectivity index (χ4n) is 3.08. The molecule has 6 heteroatoms. The molecular weight excluding hydrogens is 322 g/mol. The predicted octanol–water partition coefficient (Wildman–Crippen LogP) is 1.89. The Hall–Kier alpha value is -2.62. The van der Waals surface area contributed by atoms with Crippen LogP contribution in [0.3, 0.4) is 0 Å². The Kier molecular flexibility index (Phi) is 3.81. The third-order valence-electron chi connectivity index (χ3n) is 4.09. The molecule has 1 aliphatic heterocycles. The molecular formula is C18H15N3O2S. The predicted molar refractivity (Wildman–Crippen MR) is 91.8 cm³/mol. The van der Waals surface area contributed by atoms with Gasteiger partial charge in [0.25, 0.3) is 0 Å². The van der Waals surface area contributed by atoms with Crippen LogP contribution in [0.2, 0.25) is 0 Å². The number of thiophene rings is 1. The smallest absolute Gasteiger partial charge is 0.221 e. The average Bonchev–Trinajstić information content (AvgIpc) is 3.17. The molecule has 0 aromatic carbocycles. The zero-order valence-corrected chi connectivity index (χ0v) is 13.6. The number of nitrogens with one attached hydrogen (secondary N) is 1. The fourth-order valence-corrected chi connectivity index (χ4v) is 4.02. The Morgan fingerprint density at radius 3 is 3.25 bits per heavy atom. The summed E-state index contributed by atoms with van der Waals surface area (Å²) in [6, 6.07) is 7.91. The van der Waals surface area contributed by atoms with Gasteiger partial charge in [-0.3, -0.25) is 4.79 Å². The first kappa shape index (κ1) is 14.9. The summed E-state index contributed by atoms with van der Waals surface area (Å²) < 4.78 is 2.07. The van der Waals surface area contributed by atoms with Crippen molar-refractivity contribution in [2.45, 2.75) is 18.9 Å². The lowest BCUT2D eigenvalue weighted by molar-refractivity contribution is -0.121. The van der Waals surface area contributed by atoms with Gasteiger partial charge in [0.2, 0.25) is 5.91 Å². The number of aliphatic hydroxyl groups excluding tert-OH is 1. The molecule has 1 atom stereocenters. The summed E-state index contributed by atoms with van der Waals surface area (Å²) in [7, 11) is 0. The number of hydrogen-bond acceptors (Lipinski definition) is 4. The largest absolute Gasteiger partial charge is 0.384 e. The first-order valence-electron chi connectivity index (χ1n) is 7.67. The summed E-state index contributed by atoms with van der Waals surface area (Å²) in [5, 5.41) is 13.7. The molecule has 3 aromatic heterocycles. The lowest BCUT2D eigenvalue weighted by atomic mass is 9.98. The summed E-state index contributed by atoms with van der Waals surface area (Å²) in [6.45, 7) is 0.295. The molecule has 1 aliphatic rings. The van der Waals surface area contributed by atoms with Crippen LogP contribution in [0, 0.1) is 11.8 Å². The Labute approximate surface area is 143 Å². The third-order valence-corrected chi connectivity index (χ3v) is 5.14. The lowest BCUT2D eigenvalue weighted by Gasteiger charge is -2.13. The van der Waals surface area contributed by atoms with Crippen LogP contribution in [0.15, 0.2) is 35.8 Å². The number of imidazole rings is 1. The van der Waals surface area contributed by atoms with Crippen LogP contribution in [0.4, 0.5) is 0 Å². The molecule has 4 heterocycles. The van der Waals surface area contributed by atoms with E-state index in [9.17, 15) is 4.79 Å². The van der Waals surface area contributed by atoms with E-state index in [1.165, 1.54) is 0 Å². The topological polar surface area (TPSA) is 66.6 Å². The number of hydrogen-bond donors (Lipinski definition) is 2. The molecule has 1 amide bonds. The van der Waals surface area contributed by atoms with E-state index < -0.39 is 0 Å². The van der Waals surface area contributed by atoms with E-state index >= 15 is 0 Å². The Morgan fingerprint density at radius 1 is 1.46 bits per heavy atom. The number of aromatic nitrogens is 2. The molecule has 4 rings (SSSR count). The van der Waals surface area contributed by atoms with Gasteiger partial charge in [0.05, 0.1) is 17.9 Å². The van der Waals surface area contributed by atoms with Crippen LogP contribution in [-0.4, -0.2) is 27.0 Å². The number of carbonyl (C=O) groups is 1. The van der Waals surface area contributed by atoms with E-state index in [0.29, 0.717) is 13.0 Å². The summed E-state index contributed by atoms with van der Waals surface area (Å²) in [5.74, 6) is 5.56. The highest BCUT2D eigenvalue weighted by atomic mass is 32.1. The number of amides is 1. The highest BCUT2D eigenvalue weighted by Crippen LogP contribution is 2.36. The molecule has 2 N–H and O–H groups in total. The van der Waals surface area contributed by atoms with Crippen molar-refractivity contribution >= 4 is 22.9 Å². The number of carbonyl (C=O) groups excluding carboxylic acids is 1. The Morgan fingerprint density at radius 2 is 2.38 bits per heavy atom. The maximum absolute atomic E-state index is 12.1. The molecule has 0 bridgehead atoms. The second kappa shape index (κ2) is 6.11. The molecule has 0 unspecified atom stereocenters. The second-order valence-electron chi connectivity index (χ2n) is 5.60. The van der Waals surface area contributed by atoms with Crippen molar-refractivity contribution < 1.29 is 9.90 Å². The zero-order valence-electron chi connectivity index (χ0n) is 12.8. The van der Waals surface area contributed by atoms with Crippen molar-refractivity contribution in [3.8, 4) is 11.8 Å². The third kappa shape index (κ3) is 2.58. The summed E-state index contributed by atoms with van der Waals surface area (Å²) in [5.41, 5.74) is 3.73. The van der Waals surface area contributed by atoms with E-state index in [0.717, 1.165) is 27.5 Å². The van der Waals surface area contributed by atoms with Crippen molar-refractivity contribution in [2.24, 2.45) is 0 Å². The maximum atomic E-state index is 12.1. The van der Waals surface area contributed by atoms with E-state index in [4.69, 9.17) is 5.11 Å². The molecule has 120 valence electrons. The van der Waals surface area contributed by atoms with Gasteiger partial charge in [0, 0.05) is 34.4 Å². The molecule has 3 aromatic rings. The number of fused-ring (bicyclic) bond motifs is 3. The van der Waals surface area contributed by atoms with Crippen LogP contribution in [0.5, 0.6) is 0 Å². The normalized spacial score (nSPS) is 16.9. The van der Waals surface area contributed by atoms with Crippen molar-refractivity contribution in [3.05, 3.63) is 57.7 Å². The van der Waals surface area contributed by atoms with Gasteiger partial charge in [-0.05, 0) is 18.2 Å². The maximum Gasteiger partial charge on any atom is 0.221 e. The highest BCUT2D eigenvalue weighted by Gasteiger charge is 2.29. The van der Waals surface area contributed by atoms with E-state index in [1.54, 1.807) is 11.3 Å². The minimum Gasteiger partial charge on any atom is -0.384 e. The minimum absolute atomic E-state index is 0.0269. The first-order valence-corrected chi connectivity index (χ1v) is 8.55. The van der Waals surface area contributed by atoms with Crippen molar-refractivity contribution in [2.75, 3.05) is 6.61 Å². The Balaban J connectivity index is 1.85. The van der Waals surface area contributed by atoms with Gasteiger partial charge in [-0.15, -0.1) is 11.3 Å². The van der Waals surface area contributed by atoms with Crippen LogP contribution in [0.1, 0.15) is 34.2 Å². The Bertz CT molecular complexity index is 977. The first-order chi connectivity index (χ1) is 11.8. The van der Waals surface area contributed by atoms with Gasteiger partial charge in [-0.25, -0.2) is 4.98 Å². The average molecular weight is 337 g/mol. The van der Waals surface area contributed by atoms with Crippen LogP contribution >= 0.6 is 11.3 Å². The van der Waals surface area contributed by atoms with Gasteiger partial charge in [0.1, 0.15) is 12.3 Å². The molecule has 24 heavy (non-hydrogen) atoms. The molecule has 5 nitrogen and oxygen atoms in total. The van der Waals surface area contributed by atoms with Gasteiger partial charge < -0.3 is 14.8 Å². The molecule has 0 aliphatic carbocycles. The summed E-state index contributed by atoms with van der Waals surface area (Å²) in [4.78, 5) is 17.9. The highest BCUT2D eigenvalue weighted by molar-refractivity contribution is 7.10. The van der Waals surface area contributed by atoms with Gasteiger partial charge >= 0.3 is 0 Å². The minimum atomic E-state index is -0.158. The van der Waals surface area contributed by atoms with Crippen molar-refractivity contribution in [3.63, 3.8) is 0 Å². The van der Waals surface area contributed by atoms with Gasteiger partial charge in [-0.1, -0.05) is 17.9 Å². The standard InChI is InChI=1S/C18H15N3O2S/c22-7-3-4-12-8-15(24-11-12)13-9-17(23)19-10-14-18(13)21-6-2-1-5-16(21)20-14/h1-2,5-6,8,11,13,22H,7,9-10H2,(H,19,23)/t13-/m1/s1. The molecule has 0 saturated heterocycles. The molecule has 0 radical (unpaired) electrons. The SMILES string of the molecule is O=C1C[C@H](c2cc(C#CCO)cs2)c2c(nc3ccccn23)CN1. The summed E-state index contributed by atoms with van der Waals surface area (Å²) in [6.07, 6.45) is 2.38. The number of pyridine rings is 1. The molecule has 0 saturated carbocycles. The number of aliphatic hydroxyl groups is 1. The zero-order chi connectivity index (χ0) is 16.5. The molecule has 0 fully saturated rings. The number of nitrogens with zero attached hydrogens (tertiary/aromatic N) is 2. The monoisotopic (exact) mass is 337 g/mol. The lowest BCUT2D eigenvalue weighted by Crippen LogP contribution is -2.21. The van der Waals surface area contributed by atoms with Gasteiger partial charge in [-0.2, -0.15) is 0 Å².